The molecule has 0 radical (unpaired) electrons. The Morgan fingerprint density at radius 2 is 2.31 bits per heavy atom. The molecule has 0 fully saturated rings. The molecule has 1 heterocycles. The Morgan fingerprint density at radius 1 is 1.62 bits per heavy atom. The van der Waals surface area contributed by atoms with Crippen molar-refractivity contribution in [2.24, 2.45) is 0 Å². The van der Waals surface area contributed by atoms with E-state index >= 15 is 0 Å². The van der Waals surface area contributed by atoms with Crippen molar-refractivity contribution in [1.82, 2.24) is 4.90 Å². The van der Waals surface area contributed by atoms with Gasteiger partial charge >= 0.3 is 0 Å². The third-order valence-corrected chi connectivity index (χ3v) is 4.00. The molecule has 3 nitrogen and oxygen atoms in total. The molecule has 0 saturated carbocycles. The molecule has 0 saturated heterocycles. The Bertz CT molecular complexity index is 330. The fraction of sp³-hybridized carbons (Fsp3) is 0.545. The molecular weight excluding hydrogens is 242 g/mol. The fourth-order valence-electron chi connectivity index (χ4n) is 1.26. The van der Waals surface area contributed by atoms with Gasteiger partial charge in [-0.25, -0.2) is 0 Å². The summed E-state index contributed by atoms with van der Waals surface area (Å²) in [7, 11) is 1.72. The van der Waals surface area contributed by atoms with Crippen molar-refractivity contribution in [3.63, 3.8) is 0 Å². The Kier molecular flexibility index (Phi) is 4.83. The Labute approximate surface area is 104 Å². The van der Waals surface area contributed by atoms with E-state index < -0.39 is 5.60 Å². The number of thiophene rings is 1. The summed E-state index contributed by atoms with van der Waals surface area (Å²) in [5.41, 5.74) is -0.835. The zero-order valence-corrected chi connectivity index (χ0v) is 11.4. The lowest BCUT2D eigenvalue weighted by Gasteiger charge is -2.25. The van der Waals surface area contributed by atoms with Gasteiger partial charge in [0.2, 0.25) is 5.91 Å². The quantitative estimate of drug-likeness (QED) is 0.823. The lowest BCUT2D eigenvalue weighted by atomic mass is 10.1. The minimum absolute atomic E-state index is 0.0422. The average molecular weight is 259 g/mol. The van der Waals surface area contributed by atoms with E-state index in [1.165, 1.54) is 11.8 Å². The molecule has 0 aliphatic rings. The maximum atomic E-state index is 11.7. The number of carbonyl (C=O) groups excluding carboxylic acids is 1. The van der Waals surface area contributed by atoms with Gasteiger partial charge in [0.05, 0.1) is 15.6 Å². The number of amides is 1. The van der Waals surface area contributed by atoms with Crippen LogP contribution in [-0.2, 0) is 4.79 Å². The number of carbonyl (C=O) groups is 1. The van der Waals surface area contributed by atoms with E-state index in [1.807, 2.05) is 17.5 Å². The van der Waals surface area contributed by atoms with Gasteiger partial charge in [-0.1, -0.05) is 6.07 Å². The second-order valence-electron chi connectivity index (χ2n) is 4.28. The lowest BCUT2D eigenvalue weighted by molar-refractivity contribution is -0.129. The minimum Gasteiger partial charge on any atom is -0.389 e. The maximum absolute atomic E-state index is 11.7. The summed E-state index contributed by atoms with van der Waals surface area (Å²) in [5, 5.41) is 11.6. The highest BCUT2D eigenvalue weighted by Gasteiger charge is 2.19. The second-order valence-corrected chi connectivity index (χ2v) is 6.51. The summed E-state index contributed by atoms with van der Waals surface area (Å²) < 4.78 is 1.14. The summed E-state index contributed by atoms with van der Waals surface area (Å²) in [6.07, 6.45) is 0. The molecule has 1 aromatic rings. The Morgan fingerprint density at radius 3 is 2.81 bits per heavy atom. The molecule has 0 bridgehead atoms. The van der Waals surface area contributed by atoms with Gasteiger partial charge in [-0.2, -0.15) is 0 Å². The van der Waals surface area contributed by atoms with Crippen LogP contribution in [0.2, 0.25) is 0 Å². The topological polar surface area (TPSA) is 40.5 Å². The highest BCUT2D eigenvalue weighted by molar-refractivity contribution is 8.01. The third-order valence-electron chi connectivity index (χ3n) is 1.88. The van der Waals surface area contributed by atoms with E-state index in [0.717, 1.165) is 4.21 Å². The van der Waals surface area contributed by atoms with E-state index in [9.17, 15) is 9.90 Å². The van der Waals surface area contributed by atoms with Crippen molar-refractivity contribution in [3.8, 4) is 0 Å². The lowest BCUT2D eigenvalue weighted by Crippen LogP contribution is -2.40. The van der Waals surface area contributed by atoms with Crippen LogP contribution in [0.3, 0.4) is 0 Å². The third kappa shape index (κ3) is 5.01. The van der Waals surface area contributed by atoms with Crippen LogP contribution in [-0.4, -0.2) is 40.9 Å². The van der Waals surface area contributed by atoms with E-state index in [2.05, 4.69) is 0 Å². The molecule has 0 aromatic carbocycles. The van der Waals surface area contributed by atoms with Gasteiger partial charge in [0.1, 0.15) is 0 Å². The molecule has 1 aromatic heterocycles. The van der Waals surface area contributed by atoms with Crippen LogP contribution in [0.4, 0.5) is 0 Å². The molecule has 16 heavy (non-hydrogen) atoms. The average Bonchev–Trinajstić information content (AvgIpc) is 2.63. The first kappa shape index (κ1) is 13.5. The second kappa shape index (κ2) is 5.70. The summed E-state index contributed by atoms with van der Waals surface area (Å²) in [5.74, 6) is 0.466. The monoisotopic (exact) mass is 259 g/mol. The van der Waals surface area contributed by atoms with Gasteiger partial charge in [0, 0.05) is 13.6 Å². The van der Waals surface area contributed by atoms with Crippen molar-refractivity contribution < 1.29 is 9.90 Å². The van der Waals surface area contributed by atoms with Gasteiger partial charge < -0.3 is 10.0 Å². The smallest absolute Gasteiger partial charge is 0.232 e. The largest absolute Gasteiger partial charge is 0.389 e. The fourth-order valence-corrected chi connectivity index (χ4v) is 2.98. The predicted molar refractivity (Wildman–Crippen MR) is 69.0 cm³/mol. The van der Waals surface area contributed by atoms with Gasteiger partial charge in [-0.05, 0) is 25.3 Å². The Hall–Kier alpha value is -0.520. The maximum Gasteiger partial charge on any atom is 0.232 e. The number of nitrogens with zero attached hydrogens (tertiary/aromatic N) is 1. The van der Waals surface area contributed by atoms with Crippen LogP contribution < -0.4 is 0 Å². The first-order chi connectivity index (χ1) is 7.38. The van der Waals surface area contributed by atoms with E-state index in [4.69, 9.17) is 0 Å². The number of aliphatic hydroxyl groups is 1. The molecule has 0 spiro atoms. The highest BCUT2D eigenvalue weighted by Crippen LogP contribution is 2.23. The summed E-state index contributed by atoms with van der Waals surface area (Å²) >= 11 is 3.17. The van der Waals surface area contributed by atoms with Gasteiger partial charge in [0.25, 0.3) is 0 Å². The molecule has 90 valence electrons. The summed E-state index contributed by atoms with van der Waals surface area (Å²) in [4.78, 5) is 13.3. The normalized spacial score (nSPS) is 11.5. The first-order valence-corrected chi connectivity index (χ1v) is 6.88. The molecular formula is C11H17NO2S2. The van der Waals surface area contributed by atoms with Gasteiger partial charge in [-0.3, -0.25) is 4.79 Å². The van der Waals surface area contributed by atoms with Crippen LogP contribution in [0.15, 0.2) is 21.7 Å². The minimum atomic E-state index is -0.835. The summed E-state index contributed by atoms with van der Waals surface area (Å²) in [6, 6.07) is 3.97. The zero-order chi connectivity index (χ0) is 12.2. The first-order valence-electron chi connectivity index (χ1n) is 5.01. The molecule has 0 aliphatic heterocycles. The highest BCUT2D eigenvalue weighted by atomic mass is 32.2. The van der Waals surface area contributed by atoms with Crippen molar-refractivity contribution in [2.75, 3.05) is 19.3 Å². The Balaban J connectivity index is 2.35. The van der Waals surface area contributed by atoms with Crippen LogP contribution in [0.1, 0.15) is 13.8 Å². The SMILES string of the molecule is CN(CC(C)(C)O)C(=O)CSc1cccs1. The summed E-state index contributed by atoms with van der Waals surface area (Å²) in [6.45, 7) is 3.75. The molecule has 5 heteroatoms. The number of thioether (sulfide) groups is 1. The van der Waals surface area contributed by atoms with E-state index in [1.54, 1.807) is 37.1 Å². The molecule has 1 amide bonds. The van der Waals surface area contributed by atoms with E-state index in [0.29, 0.717) is 12.3 Å². The molecule has 0 unspecified atom stereocenters. The number of hydrogen-bond donors (Lipinski definition) is 1. The van der Waals surface area contributed by atoms with Crippen LogP contribution in [0.25, 0.3) is 0 Å². The molecule has 1 rings (SSSR count). The molecule has 0 atom stereocenters. The van der Waals surface area contributed by atoms with Crippen LogP contribution >= 0.6 is 23.1 Å². The number of rotatable bonds is 5. The van der Waals surface area contributed by atoms with Crippen molar-refractivity contribution in [3.05, 3.63) is 17.5 Å². The van der Waals surface area contributed by atoms with E-state index in [-0.39, 0.29) is 5.91 Å². The number of hydrogen-bond acceptors (Lipinski definition) is 4. The van der Waals surface area contributed by atoms with Crippen LogP contribution in [0.5, 0.6) is 0 Å². The van der Waals surface area contributed by atoms with Crippen LogP contribution in [0, 0.1) is 0 Å². The standard InChI is InChI=1S/C11H17NO2S2/c1-11(2,14)8-12(3)9(13)7-16-10-5-4-6-15-10/h4-6,14H,7-8H2,1-3H3. The van der Waals surface area contributed by atoms with Gasteiger partial charge in [-0.15, -0.1) is 23.1 Å². The van der Waals surface area contributed by atoms with Crippen molar-refractivity contribution in [2.45, 2.75) is 23.7 Å². The van der Waals surface area contributed by atoms with Gasteiger partial charge in [0.15, 0.2) is 0 Å². The van der Waals surface area contributed by atoms with Crippen molar-refractivity contribution >= 4 is 29.0 Å². The number of likely N-dealkylation sites (N-methyl/N-ethyl adjacent to an activating group) is 1. The van der Waals surface area contributed by atoms with Crippen molar-refractivity contribution in [1.29, 1.82) is 0 Å². The predicted octanol–water partition coefficient (Wildman–Crippen LogP) is 2.07. The molecule has 0 aliphatic carbocycles. The zero-order valence-electron chi connectivity index (χ0n) is 9.77. The molecule has 1 N–H and O–H groups in total.